The molecule has 2 fully saturated rings. The molecule has 0 bridgehead atoms. The number of rotatable bonds is 7. The van der Waals surface area contributed by atoms with Crippen molar-refractivity contribution >= 4 is 46.7 Å². The number of carbonyl (C=O) groups is 2. The second kappa shape index (κ2) is 12.3. The summed E-state index contributed by atoms with van der Waals surface area (Å²) < 4.78 is 14.1. The zero-order valence-electron chi connectivity index (χ0n) is 21.6. The van der Waals surface area contributed by atoms with Crippen LogP contribution in [0.2, 0.25) is 5.15 Å². The first-order valence-electron chi connectivity index (χ1n) is 12.7. The molecule has 4 rings (SSSR count). The van der Waals surface area contributed by atoms with Gasteiger partial charge in [-0.25, -0.2) is 14.4 Å². The number of carbonyl (C=O) groups excluding carboxylic acids is 2. The van der Waals surface area contributed by atoms with Gasteiger partial charge in [0.05, 0.1) is 11.4 Å². The van der Waals surface area contributed by atoms with Crippen LogP contribution in [-0.2, 0) is 9.59 Å². The summed E-state index contributed by atoms with van der Waals surface area (Å²) in [5.74, 6) is 1.17. The number of thioether (sulfide) groups is 1. The van der Waals surface area contributed by atoms with Gasteiger partial charge in [0.15, 0.2) is 5.16 Å². The standard InChI is InChI=1S/C26H34ClFN6O2S/c1-18(2)14-24(35)34-13-12-33(16-19(34)3)23-15-22(27)29-26(30-23)37-17-25(36)32-10-8-31(9-11-32)21-7-5-4-6-20(21)28/h4-7,15,18-19H,8-14,16-17H2,1-3H3. The third-order valence-corrected chi connectivity index (χ3v) is 7.69. The summed E-state index contributed by atoms with van der Waals surface area (Å²) in [5.41, 5.74) is 0.572. The lowest BCUT2D eigenvalue weighted by atomic mass is 10.1. The summed E-state index contributed by atoms with van der Waals surface area (Å²) >= 11 is 7.57. The van der Waals surface area contributed by atoms with Crippen molar-refractivity contribution in [2.75, 3.05) is 61.4 Å². The molecule has 1 aromatic carbocycles. The summed E-state index contributed by atoms with van der Waals surface area (Å²) in [5, 5.41) is 0.774. The van der Waals surface area contributed by atoms with Crippen molar-refractivity contribution in [1.82, 2.24) is 19.8 Å². The summed E-state index contributed by atoms with van der Waals surface area (Å²) in [4.78, 5) is 42.2. The Hall–Kier alpha value is -2.59. The topological polar surface area (TPSA) is 72.9 Å². The van der Waals surface area contributed by atoms with Crippen LogP contribution < -0.4 is 9.80 Å². The molecule has 2 aliphatic rings. The number of aromatic nitrogens is 2. The second-order valence-electron chi connectivity index (χ2n) is 9.92. The van der Waals surface area contributed by atoms with Gasteiger partial charge in [0.25, 0.3) is 0 Å². The van der Waals surface area contributed by atoms with E-state index < -0.39 is 0 Å². The monoisotopic (exact) mass is 548 g/mol. The SMILES string of the molecule is CC(C)CC(=O)N1CCN(c2cc(Cl)nc(SCC(=O)N3CCN(c4ccccc4F)CC3)n2)CC1C. The molecule has 11 heteroatoms. The van der Waals surface area contributed by atoms with Crippen LogP contribution in [0.3, 0.4) is 0 Å². The molecule has 0 radical (unpaired) electrons. The number of halogens is 2. The Morgan fingerprint density at radius 2 is 1.76 bits per heavy atom. The fourth-order valence-electron chi connectivity index (χ4n) is 4.74. The first-order chi connectivity index (χ1) is 17.7. The lowest BCUT2D eigenvalue weighted by Gasteiger charge is -2.40. The average molecular weight is 549 g/mol. The van der Waals surface area contributed by atoms with Crippen LogP contribution in [0.15, 0.2) is 35.5 Å². The van der Waals surface area contributed by atoms with E-state index in [4.69, 9.17) is 11.6 Å². The second-order valence-corrected chi connectivity index (χ2v) is 11.2. The van der Waals surface area contributed by atoms with Crippen molar-refractivity contribution in [2.45, 2.75) is 38.4 Å². The quantitative estimate of drug-likeness (QED) is 0.296. The van der Waals surface area contributed by atoms with Gasteiger partial charge in [0, 0.05) is 64.3 Å². The fourth-order valence-corrected chi connectivity index (χ4v) is 5.72. The molecular weight excluding hydrogens is 515 g/mol. The smallest absolute Gasteiger partial charge is 0.233 e. The predicted octanol–water partition coefficient (Wildman–Crippen LogP) is 3.79. The zero-order chi connectivity index (χ0) is 26.5. The molecule has 1 aromatic heterocycles. The molecule has 0 spiro atoms. The molecule has 2 aromatic rings. The van der Waals surface area contributed by atoms with Crippen LogP contribution in [0.4, 0.5) is 15.9 Å². The van der Waals surface area contributed by atoms with Crippen LogP contribution in [0, 0.1) is 11.7 Å². The minimum atomic E-state index is -0.246. The van der Waals surface area contributed by atoms with Gasteiger partial charge < -0.3 is 19.6 Å². The van der Waals surface area contributed by atoms with E-state index in [2.05, 4.69) is 28.7 Å². The molecule has 2 saturated heterocycles. The molecule has 2 aliphatic heterocycles. The maximum absolute atomic E-state index is 14.1. The van der Waals surface area contributed by atoms with Gasteiger partial charge in [-0.2, -0.15) is 0 Å². The number of piperazine rings is 2. The minimum absolute atomic E-state index is 0.00536. The van der Waals surface area contributed by atoms with E-state index >= 15 is 0 Å². The molecule has 0 aliphatic carbocycles. The number of nitrogens with zero attached hydrogens (tertiary/aromatic N) is 6. The van der Waals surface area contributed by atoms with E-state index in [1.54, 1.807) is 23.1 Å². The highest BCUT2D eigenvalue weighted by Gasteiger charge is 2.29. The molecule has 37 heavy (non-hydrogen) atoms. The normalized spacial score (nSPS) is 18.5. The Morgan fingerprint density at radius 1 is 1.05 bits per heavy atom. The molecule has 0 N–H and O–H groups in total. The van der Waals surface area contributed by atoms with Gasteiger partial charge in [0.1, 0.15) is 16.8 Å². The molecule has 8 nitrogen and oxygen atoms in total. The third-order valence-electron chi connectivity index (χ3n) is 6.67. The third kappa shape index (κ3) is 7.04. The van der Waals surface area contributed by atoms with Crippen LogP contribution in [0.1, 0.15) is 27.2 Å². The Bertz CT molecular complexity index is 1110. The number of para-hydroxylation sites is 1. The highest BCUT2D eigenvalue weighted by atomic mass is 35.5. The van der Waals surface area contributed by atoms with E-state index in [9.17, 15) is 14.0 Å². The largest absolute Gasteiger partial charge is 0.366 e. The average Bonchev–Trinajstić information content (AvgIpc) is 2.87. The van der Waals surface area contributed by atoms with Crippen molar-refractivity contribution in [3.8, 4) is 0 Å². The summed E-state index contributed by atoms with van der Waals surface area (Å²) in [7, 11) is 0. The van der Waals surface area contributed by atoms with E-state index in [0.717, 1.165) is 0 Å². The molecular formula is C26H34ClFN6O2S. The van der Waals surface area contributed by atoms with Crippen molar-refractivity contribution in [1.29, 1.82) is 0 Å². The highest BCUT2D eigenvalue weighted by molar-refractivity contribution is 7.99. The highest BCUT2D eigenvalue weighted by Crippen LogP contribution is 2.25. The van der Waals surface area contributed by atoms with Gasteiger partial charge in [-0.3, -0.25) is 9.59 Å². The van der Waals surface area contributed by atoms with E-state index in [0.29, 0.717) is 80.0 Å². The molecule has 200 valence electrons. The predicted molar refractivity (Wildman–Crippen MR) is 146 cm³/mol. The summed E-state index contributed by atoms with van der Waals surface area (Å²) in [6, 6.07) is 8.51. The molecule has 2 amide bonds. The Morgan fingerprint density at radius 3 is 2.43 bits per heavy atom. The number of anilines is 2. The van der Waals surface area contributed by atoms with E-state index in [-0.39, 0.29) is 29.4 Å². The van der Waals surface area contributed by atoms with Gasteiger partial charge in [-0.05, 0) is 25.0 Å². The fraction of sp³-hybridized carbons (Fsp3) is 0.538. The summed E-state index contributed by atoms with van der Waals surface area (Å²) in [6.07, 6.45) is 0.552. The number of amides is 2. The van der Waals surface area contributed by atoms with Crippen LogP contribution >= 0.6 is 23.4 Å². The maximum atomic E-state index is 14.1. The first-order valence-corrected chi connectivity index (χ1v) is 14.1. The Balaban J connectivity index is 1.30. The van der Waals surface area contributed by atoms with Crippen molar-refractivity contribution < 1.29 is 14.0 Å². The first kappa shape index (κ1) is 27.4. The van der Waals surface area contributed by atoms with E-state index in [1.165, 1.54) is 17.8 Å². The molecule has 1 unspecified atom stereocenters. The molecule has 1 atom stereocenters. The lowest BCUT2D eigenvalue weighted by Crippen LogP contribution is -2.54. The van der Waals surface area contributed by atoms with Crippen molar-refractivity contribution in [2.24, 2.45) is 5.92 Å². The van der Waals surface area contributed by atoms with Gasteiger partial charge in [0.2, 0.25) is 11.8 Å². The van der Waals surface area contributed by atoms with Crippen molar-refractivity contribution in [3.05, 3.63) is 41.3 Å². The van der Waals surface area contributed by atoms with Crippen LogP contribution in [-0.4, -0.2) is 89.2 Å². The minimum Gasteiger partial charge on any atom is -0.366 e. The van der Waals surface area contributed by atoms with Crippen molar-refractivity contribution in [3.63, 3.8) is 0 Å². The van der Waals surface area contributed by atoms with Gasteiger partial charge in [-0.1, -0.05) is 49.3 Å². The maximum Gasteiger partial charge on any atom is 0.233 e. The number of benzene rings is 1. The lowest BCUT2D eigenvalue weighted by molar-refractivity contribution is -0.134. The van der Waals surface area contributed by atoms with Gasteiger partial charge >= 0.3 is 0 Å². The molecule has 3 heterocycles. The number of hydrogen-bond donors (Lipinski definition) is 0. The van der Waals surface area contributed by atoms with Crippen LogP contribution in [0.25, 0.3) is 0 Å². The Kier molecular flexibility index (Phi) is 9.13. The van der Waals surface area contributed by atoms with E-state index in [1.807, 2.05) is 22.8 Å². The van der Waals surface area contributed by atoms with Gasteiger partial charge in [-0.15, -0.1) is 0 Å². The summed E-state index contributed by atoms with van der Waals surface area (Å²) in [6.45, 7) is 10.3. The number of hydrogen-bond acceptors (Lipinski definition) is 7. The zero-order valence-corrected chi connectivity index (χ0v) is 23.1. The molecule has 0 saturated carbocycles. The van der Waals surface area contributed by atoms with Crippen LogP contribution in [0.5, 0.6) is 0 Å². The Labute approximate surface area is 227 Å².